The van der Waals surface area contributed by atoms with Gasteiger partial charge in [0.1, 0.15) is 17.4 Å². The van der Waals surface area contributed by atoms with Crippen molar-refractivity contribution in [3.05, 3.63) is 132 Å². The van der Waals surface area contributed by atoms with Gasteiger partial charge in [-0.15, -0.1) is 13.2 Å². The van der Waals surface area contributed by atoms with Gasteiger partial charge >= 0.3 is 6.36 Å². The normalized spacial score (nSPS) is 15.7. The molecule has 2 fully saturated rings. The highest BCUT2D eigenvalue weighted by atomic mass is 19.4. The Balaban J connectivity index is 0.845. The molecule has 13 heteroatoms. The van der Waals surface area contributed by atoms with E-state index >= 15 is 0 Å². The number of benzene rings is 3. The van der Waals surface area contributed by atoms with Crippen molar-refractivity contribution < 1.29 is 31.9 Å². The quantitative estimate of drug-likeness (QED) is 0.142. The van der Waals surface area contributed by atoms with Gasteiger partial charge in [-0.3, -0.25) is 19.5 Å². The van der Waals surface area contributed by atoms with Gasteiger partial charge in [-0.2, -0.15) is 0 Å². The first-order valence-corrected chi connectivity index (χ1v) is 18.3. The molecule has 0 atom stereocenters. The van der Waals surface area contributed by atoms with Crippen LogP contribution in [0, 0.1) is 5.82 Å². The zero-order chi connectivity index (χ0) is 38.4. The van der Waals surface area contributed by atoms with Crippen LogP contribution in [0.25, 0.3) is 22.3 Å². The van der Waals surface area contributed by atoms with Gasteiger partial charge in [0, 0.05) is 85.7 Å². The number of hydrogen-bond acceptors (Lipinski definition) is 7. The van der Waals surface area contributed by atoms with E-state index in [0.717, 1.165) is 93.0 Å². The molecule has 0 aliphatic carbocycles. The number of rotatable bonds is 10. The minimum atomic E-state index is -4.83. The second-order valence-electron chi connectivity index (χ2n) is 13.9. The number of amides is 2. The monoisotopic (exact) mass is 752 g/mol. The molecule has 2 N–H and O–H groups in total. The zero-order valence-electron chi connectivity index (χ0n) is 29.9. The van der Waals surface area contributed by atoms with Crippen LogP contribution in [0.1, 0.15) is 52.0 Å². The predicted octanol–water partition coefficient (Wildman–Crippen LogP) is 7.64. The Morgan fingerprint density at radius 3 is 2.04 bits per heavy atom. The van der Waals surface area contributed by atoms with Crippen molar-refractivity contribution in [2.75, 3.05) is 31.1 Å². The average Bonchev–Trinajstić information content (AvgIpc) is 3.19. The maximum absolute atomic E-state index is 14.7. The highest BCUT2D eigenvalue weighted by Gasteiger charge is 2.31. The summed E-state index contributed by atoms with van der Waals surface area (Å²) in [6.45, 7) is 3.87. The lowest BCUT2D eigenvalue weighted by Gasteiger charge is -2.34. The van der Waals surface area contributed by atoms with Crippen molar-refractivity contribution >= 4 is 17.6 Å². The highest BCUT2D eigenvalue weighted by Crippen LogP contribution is 2.29. The van der Waals surface area contributed by atoms with Gasteiger partial charge in [0.2, 0.25) is 0 Å². The van der Waals surface area contributed by atoms with Gasteiger partial charge in [-0.1, -0.05) is 36.4 Å². The summed E-state index contributed by atoms with van der Waals surface area (Å²) >= 11 is 0. The smallest absolute Gasteiger partial charge is 0.406 e. The molecule has 3 aromatic carbocycles. The van der Waals surface area contributed by atoms with Crippen LogP contribution < -0.4 is 20.3 Å². The number of halogens is 4. The Morgan fingerprint density at radius 2 is 1.40 bits per heavy atom. The first-order chi connectivity index (χ1) is 26.6. The van der Waals surface area contributed by atoms with E-state index in [0.29, 0.717) is 11.1 Å². The second kappa shape index (κ2) is 16.7. The second-order valence-corrected chi connectivity index (χ2v) is 13.9. The molecule has 0 unspecified atom stereocenters. The molecule has 2 aromatic heterocycles. The number of hydrogen-bond donors (Lipinski definition) is 2. The predicted molar refractivity (Wildman–Crippen MR) is 201 cm³/mol. The van der Waals surface area contributed by atoms with Crippen LogP contribution in [-0.4, -0.2) is 71.3 Å². The molecule has 284 valence electrons. The van der Waals surface area contributed by atoms with Crippen molar-refractivity contribution in [3.63, 3.8) is 0 Å². The van der Waals surface area contributed by atoms with E-state index < -0.39 is 17.9 Å². The molecule has 2 saturated heterocycles. The van der Waals surface area contributed by atoms with Crippen molar-refractivity contribution in [1.29, 1.82) is 0 Å². The summed E-state index contributed by atoms with van der Waals surface area (Å²) in [5.41, 5.74) is 4.34. The highest BCUT2D eigenvalue weighted by molar-refractivity contribution is 5.96. The van der Waals surface area contributed by atoms with Gasteiger partial charge < -0.3 is 20.3 Å². The fourth-order valence-corrected chi connectivity index (χ4v) is 7.08. The molecule has 2 amide bonds. The van der Waals surface area contributed by atoms with E-state index in [-0.39, 0.29) is 35.0 Å². The molecule has 55 heavy (non-hydrogen) atoms. The standard InChI is InChI=1S/C42H40F4N6O3/c43-38-12-9-32(24-37(38)29-7-10-36(11-8-29)55-42(44,45)46)41(54)49-34-14-19-51(20-15-34)27-28-6-13-39(48-25-28)52-21-16-35(17-22-52)50-40(53)31-4-1-3-30(23-31)33-5-2-18-47-26-33/h1-13,18,23-26,34-35H,14-17,19-22,27H2,(H,49,54)(H,50,53). The van der Waals surface area contributed by atoms with Gasteiger partial charge in [-0.25, -0.2) is 9.37 Å². The number of alkyl halides is 3. The number of ether oxygens (including phenoxy) is 1. The molecule has 0 radical (unpaired) electrons. The topological polar surface area (TPSA) is 99.7 Å². The molecule has 7 rings (SSSR count). The van der Waals surface area contributed by atoms with Crippen LogP contribution in [0.2, 0.25) is 0 Å². The Kier molecular flexibility index (Phi) is 11.4. The van der Waals surface area contributed by atoms with Crippen molar-refractivity contribution in [2.24, 2.45) is 0 Å². The Morgan fingerprint density at radius 1 is 0.727 bits per heavy atom. The number of anilines is 1. The van der Waals surface area contributed by atoms with E-state index in [1.165, 1.54) is 30.3 Å². The molecule has 5 aromatic rings. The van der Waals surface area contributed by atoms with Crippen LogP contribution in [0.5, 0.6) is 5.75 Å². The van der Waals surface area contributed by atoms with Crippen molar-refractivity contribution in [1.82, 2.24) is 25.5 Å². The van der Waals surface area contributed by atoms with E-state index in [2.05, 4.69) is 36.2 Å². The molecule has 0 spiro atoms. The number of piperidine rings is 2. The Hall–Kier alpha value is -5.82. The van der Waals surface area contributed by atoms with Gasteiger partial charge in [0.25, 0.3) is 11.8 Å². The van der Waals surface area contributed by atoms with E-state index in [4.69, 9.17) is 4.98 Å². The fourth-order valence-electron chi connectivity index (χ4n) is 7.08. The average molecular weight is 753 g/mol. The van der Waals surface area contributed by atoms with Crippen LogP contribution in [0.4, 0.5) is 23.4 Å². The Labute approximate surface area is 316 Å². The summed E-state index contributed by atoms with van der Waals surface area (Å²) in [6.07, 6.45) is 3.73. The van der Waals surface area contributed by atoms with E-state index in [1.54, 1.807) is 12.4 Å². The minimum Gasteiger partial charge on any atom is -0.406 e. The van der Waals surface area contributed by atoms with E-state index in [9.17, 15) is 27.2 Å². The van der Waals surface area contributed by atoms with E-state index in [1.807, 2.05) is 48.7 Å². The third kappa shape index (κ3) is 9.84. The van der Waals surface area contributed by atoms with Crippen molar-refractivity contribution in [3.8, 4) is 28.0 Å². The van der Waals surface area contributed by atoms with Crippen molar-refractivity contribution in [2.45, 2.75) is 50.7 Å². The lowest BCUT2D eigenvalue weighted by Crippen LogP contribution is -2.45. The number of aromatic nitrogens is 2. The summed E-state index contributed by atoms with van der Waals surface area (Å²) in [4.78, 5) is 39.7. The third-order valence-electron chi connectivity index (χ3n) is 10.0. The zero-order valence-corrected chi connectivity index (χ0v) is 29.9. The SMILES string of the molecule is O=C(NC1CCN(Cc2ccc(N3CCC(NC(=O)c4cccc(-c5cccnc5)c4)CC3)nc2)CC1)c1ccc(F)c(-c2ccc(OC(F)(F)F)cc2)c1. The summed E-state index contributed by atoms with van der Waals surface area (Å²) in [7, 11) is 0. The fraction of sp³-hybridized carbons (Fsp3) is 0.286. The number of nitrogens with zero attached hydrogens (tertiary/aromatic N) is 4. The first kappa shape index (κ1) is 37.5. The van der Waals surface area contributed by atoms with Crippen LogP contribution in [0.3, 0.4) is 0 Å². The van der Waals surface area contributed by atoms with Crippen LogP contribution in [0.15, 0.2) is 110 Å². The maximum Gasteiger partial charge on any atom is 0.573 e. The molecule has 9 nitrogen and oxygen atoms in total. The molecular formula is C42H40F4N6O3. The molecular weight excluding hydrogens is 712 g/mol. The third-order valence-corrected chi connectivity index (χ3v) is 10.0. The number of carbonyl (C=O) groups excluding carboxylic acids is 2. The molecule has 0 saturated carbocycles. The maximum atomic E-state index is 14.7. The lowest BCUT2D eigenvalue weighted by molar-refractivity contribution is -0.274. The molecule has 2 aliphatic heterocycles. The van der Waals surface area contributed by atoms with Crippen LogP contribution >= 0.6 is 0 Å². The van der Waals surface area contributed by atoms with Gasteiger partial charge in [0.15, 0.2) is 0 Å². The van der Waals surface area contributed by atoms with Crippen LogP contribution in [-0.2, 0) is 6.54 Å². The Bertz CT molecular complexity index is 2080. The number of pyridine rings is 2. The first-order valence-electron chi connectivity index (χ1n) is 18.3. The molecule has 2 aliphatic rings. The molecule has 0 bridgehead atoms. The molecule has 4 heterocycles. The number of carbonyl (C=O) groups is 2. The summed E-state index contributed by atoms with van der Waals surface area (Å²) in [5.74, 6) is -0.511. The summed E-state index contributed by atoms with van der Waals surface area (Å²) in [6, 6.07) is 24.5. The largest absolute Gasteiger partial charge is 0.573 e. The van der Waals surface area contributed by atoms with Gasteiger partial charge in [0.05, 0.1) is 0 Å². The lowest BCUT2D eigenvalue weighted by atomic mass is 10.0. The van der Waals surface area contributed by atoms with Gasteiger partial charge in [-0.05, 0) is 97.0 Å². The summed E-state index contributed by atoms with van der Waals surface area (Å²) < 4.78 is 56.1. The number of nitrogens with one attached hydrogen (secondary N) is 2. The minimum absolute atomic E-state index is 0.0544. The summed E-state index contributed by atoms with van der Waals surface area (Å²) in [5, 5.41) is 6.26. The number of likely N-dealkylation sites (tertiary alicyclic amines) is 1.